The number of aliphatic carboxylic acids is 1. The van der Waals surface area contributed by atoms with Crippen molar-refractivity contribution in [3.63, 3.8) is 0 Å². The third-order valence-electron chi connectivity index (χ3n) is 2.87. The Morgan fingerprint density at radius 2 is 1.95 bits per heavy atom. The first-order valence-corrected chi connectivity index (χ1v) is 5.92. The molecule has 1 aromatic carbocycles. The third-order valence-corrected chi connectivity index (χ3v) is 2.87. The number of nitrogens with two attached hydrogens (primary N) is 1. The number of pyridine rings is 1. The molecule has 0 aliphatic carbocycles. The first-order chi connectivity index (χ1) is 9.79. The highest BCUT2D eigenvalue weighted by molar-refractivity contribution is 5.75. The molecule has 4 nitrogen and oxygen atoms in total. The molecule has 3 N–H and O–H groups in total. The van der Waals surface area contributed by atoms with Gasteiger partial charge in [0.1, 0.15) is 0 Å². The van der Waals surface area contributed by atoms with Crippen LogP contribution in [0, 0.1) is 0 Å². The number of halogens is 3. The predicted octanol–water partition coefficient (Wildman–Crippen LogP) is 2.98. The maximum Gasteiger partial charge on any atom is 0.417 e. The number of benzene rings is 1. The minimum atomic E-state index is -4.49. The highest BCUT2D eigenvalue weighted by atomic mass is 19.4. The van der Waals surface area contributed by atoms with Crippen molar-refractivity contribution in [2.75, 3.05) is 5.73 Å². The fourth-order valence-corrected chi connectivity index (χ4v) is 1.93. The van der Waals surface area contributed by atoms with Gasteiger partial charge in [0.05, 0.1) is 23.4 Å². The molecule has 0 spiro atoms. The first-order valence-electron chi connectivity index (χ1n) is 5.92. The van der Waals surface area contributed by atoms with Crippen molar-refractivity contribution in [2.45, 2.75) is 12.6 Å². The largest absolute Gasteiger partial charge is 0.481 e. The summed E-state index contributed by atoms with van der Waals surface area (Å²) in [5.74, 6) is -1.11. The Labute approximate surface area is 118 Å². The Hall–Kier alpha value is -2.57. The fourth-order valence-electron chi connectivity index (χ4n) is 1.93. The van der Waals surface area contributed by atoms with E-state index >= 15 is 0 Å². The Balaban J connectivity index is 2.49. The lowest BCUT2D eigenvalue weighted by Gasteiger charge is -2.13. The lowest BCUT2D eigenvalue weighted by atomic mass is 10.00. The molecule has 1 heterocycles. The quantitative estimate of drug-likeness (QED) is 0.913. The van der Waals surface area contributed by atoms with Crippen LogP contribution in [0.25, 0.3) is 11.1 Å². The lowest BCUT2D eigenvalue weighted by Crippen LogP contribution is -2.08. The molecule has 1 aromatic heterocycles. The Bertz CT molecular complexity index is 684. The van der Waals surface area contributed by atoms with E-state index in [1.807, 2.05) is 0 Å². The highest BCUT2D eigenvalue weighted by Crippen LogP contribution is 2.37. The van der Waals surface area contributed by atoms with Crippen molar-refractivity contribution >= 4 is 11.7 Å². The average Bonchev–Trinajstić information content (AvgIpc) is 2.40. The molecular formula is C14H11F3N2O2. The number of hydrogen-bond donors (Lipinski definition) is 2. The smallest absolute Gasteiger partial charge is 0.417 e. The van der Waals surface area contributed by atoms with Crippen molar-refractivity contribution in [1.82, 2.24) is 4.98 Å². The SMILES string of the molecule is Nc1cc(-c2ccccc2C(F)(F)F)cnc1CC(=O)O. The van der Waals surface area contributed by atoms with Crippen molar-refractivity contribution in [2.24, 2.45) is 0 Å². The van der Waals surface area contributed by atoms with Crippen LogP contribution in [-0.4, -0.2) is 16.1 Å². The Kier molecular flexibility index (Phi) is 3.84. The van der Waals surface area contributed by atoms with Crippen molar-refractivity contribution in [3.05, 3.63) is 47.8 Å². The van der Waals surface area contributed by atoms with Gasteiger partial charge in [0.25, 0.3) is 0 Å². The predicted molar refractivity (Wildman–Crippen MR) is 70.4 cm³/mol. The number of rotatable bonds is 3. The zero-order valence-electron chi connectivity index (χ0n) is 10.7. The molecular weight excluding hydrogens is 285 g/mol. The van der Waals surface area contributed by atoms with Crippen LogP contribution in [0.1, 0.15) is 11.3 Å². The van der Waals surface area contributed by atoms with Gasteiger partial charge in [-0.3, -0.25) is 9.78 Å². The van der Waals surface area contributed by atoms with Gasteiger partial charge in [-0.05, 0) is 17.7 Å². The summed E-state index contributed by atoms with van der Waals surface area (Å²) in [6.45, 7) is 0. The summed E-state index contributed by atoms with van der Waals surface area (Å²) in [7, 11) is 0. The molecule has 21 heavy (non-hydrogen) atoms. The molecule has 0 amide bonds. The van der Waals surface area contributed by atoms with E-state index in [4.69, 9.17) is 10.8 Å². The summed E-state index contributed by atoms with van der Waals surface area (Å²) in [5, 5.41) is 8.68. The van der Waals surface area contributed by atoms with E-state index in [0.29, 0.717) is 0 Å². The van der Waals surface area contributed by atoms with Crippen LogP contribution in [0.15, 0.2) is 36.5 Å². The maximum atomic E-state index is 13.0. The number of hydrogen-bond acceptors (Lipinski definition) is 3. The van der Waals surface area contributed by atoms with Gasteiger partial charge in [0.15, 0.2) is 0 Å². The van der Waals surface area contributed by atoms with Gasteiger partial charge < -0.3 is 10.8 Å². The number of alkyl halides is 3. The summed E-state index contributed by atoms with van der Waals surface area (Å²) < 4.78 is 38.9. The second kappa shape index (κ2) is 5.43. The van der Waals surface area contributed by atoms with Gasteiger partial charge in [-0.15, -0.1) is 0 Å². The molecule has 0 saturated carbocycles. The van der Waals surface area contributed by atoms with Gasteiger partial charge in [-0.1, -0.05) is 18.2 Å². The molecule has 0 atom stereocenters. The van der Waals surface area contributed by atoms with E-state index in [9.17, 15) is 18.0 Å². The number of nitrogens with zero attached hydrogens (tertiary/aromatic N) is 1. The van der Waals surface area contributed by atoms with E-state index < -0.39 is 17.7 Å². The van der Waals surface area contributed by atoms with Crippen LogP contribution in [0.4, 0.5) is 18.9 Å². The van der Waals surface area contributed by atoms with Gasteiger partial charge in [0.2, 0.25) is 0 Å². The fraction of sp³-hybridized carbons (Fsp3) is 0.143. The van der Waals surface area contributed by atoms with Crippen LogP contribution in [-0.2, 0) is 17.4 Å². The first kappa shape index (κ1) is 14.8. The van der Waals surface area contributed by atoms with Crippen molar-refractivity contribution in [3.8, 4) is 11.1 Å². The van der Waals surface area contributed by atoms with Crippen LogP contribution in [0.3, 0.4) is 0 Å². The second-order valence-electron chi connectivity index (χ2n) is 4.37. The number of aromatic nitrogens is 1. The topological polar surface area (TPSA) is 76.2 Å². The minimum Gasteiger partial charge on any atom is -0.481 e. The standard InChI is InChI=1S/C14H11F3N2O2/c15-14(16,17)10-4-2-1-3-9(10)8-5-11(18)12(19-7-8)6-13(20)21/h1-5,7H,6,18H2,(H,20,21). The van der Waals surface area contributed by atoms with Crippen LogP contribution in [0.2, 0.25) is 0 Å². The zero-order chi connectivity index (χ0) is 15.6. The summed E-state index contributed by atoms with van der Waals surface area (Å²) in [6.07, 6.45) is -3.68. The number of anilines is 1. The summed E-state index contributed by atoms with van der Waals surface area (Å²) >= 11 is 0. The highest BCUT2D eigenvalue weighted by Gasteiger charge is 2.33. The van der Waals surface area contributed by atoms with Gasteiger partial charge in [0, 0.05) is 11.8 Å². The van der Waals surface area contributed by atoms with Crippen molar-refractivity contribution in [1.29, 1.82) is 0 Å². The number of carboxylic acid groups (broad SMARTS) is 1. The number of nitrogen functional groups attached to an aromatic ring is 1. The molecule has 0 saturated heterocycles. The molecule has 0 fully saturated rings. The van der Waals surface area contributed by atoms with Gasteiger partial charge >= 0.3 is 12.1 Å². The van der Waals surface area contributed by atoms with Gasteiger partial charge in [-0.2, -0.15) is 13.2 Å². The third kappa shape index (κ3) is 3.31. The van der Waals surface area contributed by atoms with Crippen molar-refractivity contribution < 1.29 is 23.1 Å². The lowest BCUT2D eigenvalue weighted by molar-refractivity contribution is -0.137. The molecule has 110 valence electrons. The molecule has 0 radical (unpaired) electrons. The molecule has 2 aromatic rings. The average molecular weight is 296 g/mol. The van der Waals surface area contributed by atoms with Crippen LogP contribution >= 0.6 is 0 Å². The molecule has 7 heteroatoms. The summed E-state index contributed by atoms with van der Waals surface area (Å²) in [5.41, 5.74) is 5.17. The molecule has 0 aliphatic heterocycles. The van der Waals surface area contributed by atoms with Gasteiger partial charge in [-0.25, -0.2) is 0 Å². The van der Waals surface area contributed by atoms with E-state index in [0.717, 1.165) is 6.07 Å². The van der Waals surface area contributed by atoms with E-state index in [1.54, 1.807) is 0 Å². The summed E-state index contributed by atoms with van der Waals surface area (Å²) in [6, 6.07) is 6.36. The molecule has 0 unspecified atom stereocenters. The van der Waals surface area contributed by atoms with Crippen LogP contribution < -0.4 is 5.73 Å². The zero-order valence-corrected chi connectivity index (χ0v) is 10.7. The number of carboxylic acids is 1. The Morgan fingerprint density at radius 1 is 1.29 bits per heavy atom. The maximum absolute atomic E-state index is 13.0. The molecule has 0 bridgehead atoms. The normalized spacial score (nSPS) is 11.4. The Morgan fingerprint density at radius 3 is 2.52 bits per heavy atom. The number of carbonyl (C=O) groups is 1. The monoisotopic (exact) mass is 296 g/mol. The van der Waals surface area contributed by atoms with Crippen LogP contribution in [0.5, 0.6) is 0 Å². The summed E-state index contributed by atoms with van der Waals surface area (Å²) in [4.78, 5) is 14.5. The molecule has 0 aliphatic rings. The molecule has 2 rings (SSSR count). The van der Waals surface area contributed by atoms with E-state index in [2.05, 4.69) is 4.98 Å². The minimum absolute atomic E-state index is 0.0480. The second-order valence-corrected chi connectivity index (χ2v) is 4.37. The van der Waals surface area contributed by atoms with E-state index in [1.165, 1.54) is 30.5 Å². The van der Waals surface area contributed by atoms with E-state index in [-0.39, 0.29) is 28.9 Å².